The molecule has 5 nitrogen and oxygen atoms in total. The van der Waals surface area contributed by atoms with E-state index in [9.17, 15) is 0 Å². The molecule has 0 saturated carbocycles. The third-order valence-electron chi connectivity index (χ3n) is 2.59. The fourth-order valence-corrected chi connectivity index (χ4v) is 1.58. The van der Waals surface area contributed by atoms with E-state index in [-0.39, 0.29) is 6.04 Å². The fraction of sp³-hybridized carbons (Fsp3) is 0.600. The molecule has 0 saturated heterocycles. The van der Waals surface area contributed by atoms with E-state index in [2.05, 4.69) is 33.2 Å². The van der Waals surface area contributed by atoms with Gasteiger partial charge in [0.05, 0.1) is 6.04 Å². The summed E-state index contributed by atoms with van der Waals surface area (Å²) in [6, 6.07) is 0.165. The zero-order valence-electron chi connectivity index (χ0n) is 9.17. The van der Waals surface area contributed by atoms with Gasteiger partial charge in [-0.3, -0.25) is 9.89 Å². The third kappa shape index (κ3) is 3.36. The first-order valence-electron chi connectivity index (χ1n) is 5.06. The van der Waals surface area contributed by atoms with Gasteiger partial charge in [0.1, 0.15) is 0 Å². The van der Waals surface area contributed by atoms with Crippen molar-refractivity contribution in [3.63, 3.8) is 0 Å². The quantitative estimate of drug-likeness (QED) is 0.415. The lowest BCUT2D eigenvalue weighted by Crippen LogP contribution is -2.40. The van der Waals surface area contributed by atoms with Gasteiger partial charge in [-0.05, 0) is 19.7 Å². The van der Waals surface area contributed by atoms with Crippen LogP contribution in [-0.2, 0) is 0 Å². The molecule has 0 aromatic carbocycles. The summed E-state index contributed by atoms with van der Waals surface area (Å²) in [6.45, 7) is 3.80. The Morgan fingerprint density at radius 2 is 2.53 bits per heavy atom. The minimum Gasteiger partial charge on any atom is -0.298 e. The van der Waals surface area contributed by atoms with Crippen LogP contribution < -0.4 is 0 Å². The molecule has 0 fully saturated rings. The first-order chi connectivity index (χ1) is 7.29. The highest BCUT2D eigenvalue weighted by molar-refractivity contribution is 5.73. The van der Waals surface area contributed by atoms with Crippen LogP contribution >= 0.6 is 0 Å². The van der Waals surface area contributed by atoms with Crippen LogP contribution in [0.1, 0.15) is 6.92 Å². The van der Waals surface area contributed by atoms with Crippen LogP contribution in [0.15, 0.2) is 27.5 Å². The molecule has 1 N–H and O–H groups in total. The first-order valence-corrected chi connectivity index (χ1v) is 5.06. The van der Waals surface area contributed by atoms with Gasteiger partial charge in [0, 0.05) is 24.9 Å². The largest absolute Gasteiger partial charge is 0.298 e. The van der Waals surface area contributed by atoms with E-state index in [1.54, 1.807) is 6.21 Å². The summed E-state index contributed by atoms with van der Waals surface area (Å²) >= 11 is 0. The average molecular weight is 207 g/mol. The van der Waals surface area contributed by atoms with Crippen LogP contribution in [0.3, 0.4) is 0 Å². The summed E-state index contributed by atoms with van der Waals surface area (Å²) in [5.41, 5.74) is 6.67. The lowest BCUT2D eigenvalue weighted by Gasteiger charge is -2.29. The molecule has 0 spiro atoms. The molecule has 15 heavy (non-hydrogen) atoms. The summed E-state index contributed by atoms with van der Waals surface area (Å²) < 4.78 is 0. The van der Waals surface area contributed by atoms with E-state index < -0.39 is 0 Å². The van der Waals surface area contributed by atoms with Gasteiger partial charge in [-0.2, -0.15) is 5.53 Å². The lowest BCUT2D eigenvalue weighted by atomic mass is 9.97. The topological polar surface area (TPSA) is 64.2 Å². The van der Waals surface area contributed by atoms with E-state index in [1.165, 1.54) is 0 Å². The molecule has 1 rings (SSSR count). The molecule has 0 bridgehead atoms. The fourth-order valence-electron chi connectivity index (χ4n) is 1.58. The van der Waals surface area contributed by atoms with Crippen molar-refractivity contribution >= 4 is 12.4 Å². The highest BCUT2D eigenvalue weighted by atomic mass is 15.3. The number of hydrogen-bond acceptors (Lipinski definition) is 4. The van der Waals surface area contributed by atoms with Gasteiger partial charge in [-0.1, -0.05) is 18.2 Å². The number of rotatable bonds is 5. The molecule has 0 aromatic heterocycles. The standard InChI is InChI=1S/C10H17N5/c1-3-15(2)10(8-13-14-11)9-5-4-6-12-7-9/h4-6,8-11H,3,7H2,1-2H3/b13-8+,14-11?/t9-,10?/m1/s1. The van der Waals surface area contributed by atoms with Gasteiger partial charge < -0.3 is 0 Å². The zero-order valence-corrected chi connectivity index (χ0v) is 9.17. The minimum absolute atomic E-state index is 0.165. The Morgan fingerprint density at radius 3 is 3.07 bits per heavy atom. The van der Waals surface area contributed by atoms with Gasteiger partial charge in [0.15, 0.2) is 0 Å². The van der Waals surface area contributed by atoms with Crippen LogP contribution in [0.5, 0.6) is 0 Å². The molecule has 0 aromatic rings. The minimum atomic E-state index is 0.165. The van der Waals surface area contributed by atoms with Crippen molar-refractivity contribution in [3.8, 4) is 0 Å². The van der Waals surface area contributed by atoms with Crippen LogP contribution in [-0.4, -0.2) is 43.5 Å². The predicted molar refractivity (Wildman–Crippen MR) is 61.7 cm³/mol. The Balaban J connectivity index is 2.70. The molecule has 1 aliphatic rings. The third-order valence-corrected chi connectivity index (χ3v) is 2.59. The second-order valence-corrected chi connectivity index (χ2v) is 3.49. The second-order valence-electron chi connectivity index (χ2n) is 3.49. The molecule has 1 unspecified atom stereocenters. The Morgan fingerprint density at radius 1 is 1.73 bits per heavy atom. The molecule has 82 valence electrons. The Kier molecular flexibility index (Phi) is 4.83. The second kappa shape index (κ2) is 6.19. The molecule has 1 aliphatic heterocycles. The lowest BCUT2D eigenvalue weighted by molar-refractivity contribution is 0.271. The summed E-state index contributed by atoms with van der Waals surface area (Å²) in [7, 11) is 2.03. The van der Waals surface area contributed by atoms with Gasteiger partial charge in [0.2, 0.25) is 0 Å². The van der Waals surface area contributed by atoms with Crippen molar-refractivity contribution in [2.75, 3.05) is 20.1 Å². The van der Waals surface area contributed by atoms with Crippen LogP contribution in [0.2, 0.25) is 0 Å². The molecular weight excluding hydrogens is 190 g/mol. The normalized spacial score (nSPS) is 22.5. The van der Waals surface area contributed by atoms with Crippen LogP contribution in [0.25, 0.3) is 0 Å². The van der Waals surface area contributed by atoms with E-state index >= 15 is 0 Å². The summed E-state index contributed by atoms with van der Waals surface area (Å²) in [5, 5.41) is 6.67. The monoisotopic (exact) mass is 207 g/mol. The Labute approximate surface area is 90.1 Å². The first kappa shape index (κ1) is 11.7. The molecule has 5 heteroatoms. The maximum absolute atomic E-state index is 6.67. The van der Waals surface area contributed by atoms with Crippen molar-refractivity contribution in [2.45, 2.75) is 13.0 Å². The highest BCUT2D eigenvalue weighted by Crippen LogP contribution is 2.13. The number of nitrogens with one attached hydrogen (secondary N) is 1. The van der Waals surface area contributed by atoms with E-state index in [1.807, 2.05) is 19.3 Å². The van der Waals surface area contributed by atoms with Crippen molar-refractivity contribution < 1.29 is 0 Å². The van der Waals surface area contributed by atoms with Crippen LogP contribution in [0, 0.1) is 11.4 Å². The molecule has 0 aliphatic carbocycles. The van der Waals surface area contributed by atoms with Crippen molar-refractivity contribution in [1.82, 2.24) is 4.90 Å². The van der Waals surface area contributed by atoms with Gasteiger partial charge in [0.25, 0.3) is 0 Å². The van der Waals surface area contributed by atoms with E-state index in [0.717, 1.165) is 13.1 Å². The SMILES string of the molecule is CCN(C)C(/C=N/N=N)[C@@H]1C=CC=NC1. The number of dihydropyridines is 1. The van der Waals surface area contributed by atoms with Crippen LogP contribution in [0.4, 0.5) is 0 Å². The van der Waals surface area contributed by atoms with Gasteiger partial charge in [-0.25, -0.2) is 0 Å². The van der Waals surface area contributed by atoms with Gasteiger partial charge >= 0.3 is 0 Å². The average Bonchev–Trinajstić information content (AvgIpc) is 2.30. The molecule has 2 atom stereocenters. The zero-order chi connectivity index (χ0) is 11.1. The number of hydrogen-bond donors (Lipinski definition) is 1. The van der Waals surface area contributed by atoms with Crippen molar-refractivity contribution in [3.05, 3.63) is 12.2 Å². The smallest absolute Gasteiger partial charge is 0.0548 e. The summed E-state index contributed by atoms with van der Waals surface area (Å²) in [5.74, 6) is 0.324. The summed E-state index contributed by atoms with van der Waals surface area (Å²) in [4.78, 5) is 6.40. The highest BCUT2D eigenvalue weighted by Gasteiger charge is 2.21. The van der Waals surface area contributed by atoms with Crippen molar-refractivity contribution in [1.29, 1.82) is 5.53 Å². The maximum atomic E-state index is 6.67. The number of allylic oxidation sites excluding steroid dienone is 1. The Bertz CT molecular complexity index is 282. The predicted octanol–water partition coefficient (Wildman–Crippen LogP) is 1.58. The van der Waals surface area contributed by atoms with Gasteiger partial charge in [-0.15, -0.1) is 5.10 Å². The maximum Gasteiger partial charge on any atom is 0.0548 e. The molecular formula is C10H17N5. The number of nitrogens with zero attached hydrogens (tertiary/aromatic N) is 4. The number of aliphatic imine (C=N–C) groups is 1. The molecule has 1 heterocycles. The van der Waals surface area contributed by atoms with Crippen molar-refractivity contribution in [2.24, 2.45) is 21.2 Å². The molecule has 0 radical (unpaired) electrons. The summed E-state index contributed by atoms with van der Waals surface area (Å²) in [6.07, 6.45) is 7.61. The Hall–Kier alpha value is -1.36. The van der Waals surface area contributed by atoms with E-state index in [4.69, 9.17) is 5.53 Å². The van der Waals surface area contributed by atoms with E-state index in [0.29, 0.717) is 5.92 Å². The molecule has 0 amide bonds.